The Bertz CT molecular complexity index is 1070. The highest BCUT2D eigenvalue weighted by Crippen LogP contribution is 2.36. The van der Waals surface area contributed by atoms with Gasteiger partial charge in [-0.05, 0) is 30.3 Å². The number of nitrogens with two attached hydrogens (primary N) is 1. The van der Waals surface area contributed by atoms with Gasteiger partial charge in [-0.1, -0.05) is 0 Å². The molecule has 2 aromatic carbocycles. The van der Waals surface area contributed by atoms with Crippen molar-refractivity contribution in [2.45, 2.75) is 0 Å². The second-order valence-corrected chi connectivity index (χ2v) is 6.97. The fourth-order valence-electron chi connectivity index (χ4n) is 2.68. The fraction of sp³-hybridized carbons (Fsp3) is 0.176. The Kier molecular flexibility index (Phi) is 5.02. The van der Waals surface area contributed by atoms with E-state index in [9.17, 15) is 8.42 Å². The lowest BCUT2D eigenvalue weighted by Crippen LogP contribution is -2.21. The molecule has 0 bridgehead atoms. The molecule has 0 saturated heterocycles. The normalized spacial score (nSPS) is 11.3. The van der Waals surface area contributed by atoms with Crippen molar-refractivity contribution in [1.82, 2.24) is 9.97 Å². The molecular weight excluding hydrogens is 370 g/mol. The molecule has 3 rings (SSSR count). The molecule has 0 radical (unpaired) electrons. The van der Waals surface area contributed by atoms with Crippen molar-refractivity contribution in [3.05, 3.63) is 42.7 Å². The smallest absolute Gasteiger partial charge is 0.296 e. The number of ether oxygens (including phenoxy) is 2. The van der Waals surface area contributed by atoms with E-state index in [1.54, 1.807) is 44.6 Å². The zero-order valence-electron chi connectivity index (χ0n) is 15.0. The number of hydrogen-bond donors (Lipinski definition) is 2. The number of nitrogens with one attached hydrogen (secondary N) is 1. The van der Waals surface area contributed by atoms with Crippen molar-refractivity contribution >= 4 is 38.3 Å². The lowest BCUT2D eigenvalue weighted by molar-refractivity contribution is 0.356. The first-order valence-corrected chi connectivity index (χ1v) is 9.38. The van der Waals surface area contributed by atoms with Crippen LogP contribution in [0.3, 0.4) is 0 Å². The number of anilines is 3. The van der Waals surface area contributed by atoms with E-state index >= 15 is 0 Å². The minimum atomic E-state index is -3.82. The van der Waals surface area contributed by atoms with E-state index in [-0.39, 0.29) is 0 Å². The summed E-state index contributed by atoms with van der Waals surface area (Å²) in [7, 11) is 1.16. The van der Waals surface area contributed by atoms with E-state index in [0.717, 1.165) is 11.1 Å². The molecule has 9 nitrogen and oxygen atoms in total. The van der Waals surface area contributed by atoms with Crippen LogP contribution in [0.15, 0.2) is 42.7 Å². The molecule has 142 valence electrons. The van der Waals surface area contributed by atoms with E-state index in [4.69, 9.17) is 14.6 Å². The summed E-state index contributed by atoms with van der Waals surface area (Å²) < 4.78 is 35.1. The number of fused-ring (bicyclic) bond motifs is 1. The van der Waals surface area contributed by atoms with Gasteiger partial charge in [-0.15, -0.1) is 0 Å². The quantitative estimate of drug-likeness (QED) is 0.662. The molecule has 0 aliphatic rings. The second kappa shape index (κ2) is 7.25. The van der Waals surface area contributed by atoms with Gasteiger partial charge in [0.25, 0.3) is 10.2 Å². The van der Waals surface area contributed by atoms with Crippen LogP contribution >= 0.6 is 0 Å². The molecule has 1 aromatic heterocycles. The molecule has 0 unspecified atom stereocenters. The molecular formula is C17H19N5O4S. The third-order valence-electron chi connectivity index (χ3n) is 3.95. The Labute approximate surface area is 156 Å². The van der Waals surface area contributed by atoms with Crippen LogP contribution < -0.4 is 24.2 Å². The first-order chi connectivity index (χ1) is 12.8. The SMILES string of the molecule is COc1cc2ncnc(N(C)c3ccc(NS(N)(=O)=O)cc3)c2cc1OC. The van der Waals surface area contributed by atoms with Crippen LogP contribution in [0.4, 0.5) is 17.2 Å². The Morgan fingerprint density at radius 3 is 2.26 bits per heavy atom. The van der Waals surface area contributed by atoms with Gasteiger partial charge in [0.15, 0.2) is 11.5 Å². The highest BCUT2D eigenvalue weighted by Gasteiger charge is 2.15. The maximum atomic E-state index is 11.1. The Morgan fingerprint density at radius 1 is 1.04 bits per heavy atom. The third-order valence-corrected chi connectivity index (χ3v) is 4.47. The van der Waals surface area contributed by atoms with Crippen LogP contribution in [0, 0.1) is 0 Å². The van der Waals surface area contributed by atoms with Gasteiger partial charge in [0.1, 0.15) is 12.1 Å². The van der Waals surface area contributed by atoms with Crippen LogP contribution in [-0.4, -0.2) is 39.7 Å². The first kappa shape index (κ1) is 18.7. The predicted molar refractivity (Wildman–Crippen MR) is 104 cm³/mol. The standard InChI is InChI=1S/C17H19N5O4S/c1-22(12-6-4-11(5-7-12)21-27(18,23)24)17-13-8-15(25-2)16(26-3)9-14(13)19-10-20-17/h4-10,21H,1-3H3,(H2,18,23,24). The number of nitrogens with zero attached hydrogens (tertiary/aromatic N) is 3. The molecule has 3 aromatic rings. The predicted octanol–water partition coefficient (Wildman–Crippen LogP) is 2.03. The van der Waals surface area contributed by atoms with Crippen molar-refractivity contribution in [3.8, 4) is 11.5 Å². The molecule has 27 heavy (non-hydrogen) atoms. The average molecular weight is 389 g/mol. The summed E-state index contributed by atoms with van der Waals surface area (Å²) in [6, 6.07) is 10.3. The minimum absolute atomic E-state index is 0.369. The molecule has 1 heterocycles. The summed E-state index contributed by atoms with van der Waals surface area (Å²) in [5.41, 5.74) is 1.87. The van der Waals surface area contributed by atoms with E-state index in [1.165, 1.54) is 6.33 Å². The summed E-state index contributed by atoms with van der Waals surface area (Å²) in [4.78, 5) is 10.5. The number of benzene rings is 2. The van der Waals surface area contributed by atoms with Gasteiger partial charge >= 0.3 is 0 Å². The van der Waals surface area contributed by atoms with Crippen molar-refractivity contribution < 1.29 is 17.9 Å². The lowest BCUT2D eigenvalue weighted by atomic mass is 10.2. The topological polar surface area (TPSA) is 120 Å². The van der Waals surface area contributed by atoms with Crippen molar-refractivity contribution in [3.63, 3.8) is 0 Å². The number of methoxy groups -OCH3 is 2. The zero-order chi connectivity index (χ0) is 19.6. The van der Waals surface area contributed by atoms with Gasteiger partial charge in [-0.3, -0.25) is 4.72 Å². The van der Waals surface area contributed by atoms with Gasteiger partial charge in [0, 0.05) is 29.9 Å². The van der Waals surface area contributed by atoms with Crippen LogP contribution in [0.25, 0.3) is 10.9 Å². The molecule has 0 saturated carbocycles. The zero-order valence-corrected chi connectivity index (χ0v) is 15.8. The van der Waals surface area contributed by atoms with Crippen LogP contribution in [-0.2, 0) is 10.2 Å². The minimum Gasteiger partial charge on any atom is -0.493 e. The van der Waals surface area contributed by atoms with Crippen LogP contribution in [0.2, 0.25) is 0 Å². The molecule has 0 aliphatic heterocycles. The monoisotopic (exact) mass is 389 g/mol. The number of aromatic nitrogens is 2. The molecule has 0 fully saturated rings. The van der Waals surface area contributed by atoms with Crippen LogP contribution in [0.1, 0.15) is 0 Å². The lowest BCUT2D eigenvalue weighted by Gasteiger charge is -2.20. The van der Waals surface area contributed by atoms with Crippen molar-refractivity contribution in [2.24, 2.45) is 5.14 Å². The molecule has 0 aliphatic carbocycles. The summed E-state index contributed by atoms with van der Waals surface area (Å²) in [6.07, 6.45) is 1.47. The van der Waals surface area contributed by atoms with E-state index in [2.05, 4.69) is 14.7 Å². The highest BCUT2D eigenvalue weighted by atomic mass is 32.2. The molecule has 0 atom stereocenters. The van der Waals surface area contributed by atoms with E-state index in [1.807, 2.05) is 18.0 Å². The molecule has 0 amide bonds. The van der Waals surface area contributed by atoms with Crippen LogP contribution in [0.5, 0.6) is 11.5 Å². The Morgan fingerprint density at radius 2 is 1.67 bits per heavy atom. The van der Waals surface area contributed by atoms with Crippen molar-refractivity contribution in [1.29, 1.82) is 0 Å². The molecule has 3 N–H and O–H groups in total. The summed E-state index contributed by atoms with van der Waals surface area (Å²) in [5.74, 6) is 1.81. The number of rotatable bonds is 6. The Balaban J connectivity index is 2.01. The third kappa shape index (κ3) is 4.01. The summed E-state index contributed by atoms with van der Waals surface area (Å²) in [5, 5.41) is 5.76. The largest absolute Gasteiger partial charge is 0.493 e. The van der Waals surface area contributed by atoms with Gasteiger partial charge in [-0.2, -0.15) is 8.42 Å². The first-order valence-electron chi connectivity index (χ1n) is 7.83. The van der Waals surface area contributed by atoms with Gasteiger partial charge in [0.2, 0.25) is 0 Å². The second-order valence-electron chi connectivity index (χ2n) is 5.67. The number of hydrogen-bond acceptors (Lipinski definition) is 7. The maximum Gasteiger partial charge on any atom is 0.296 e. The maximum absolute atomic E-state index is 11.1. The van der Waals surface area contributed by atoms with E-state index in [0.29, 0.717) is 28.5 Å². The summed E-state index contributed by atoms with van der Waals surface area (Å²) in [6.45, 7) is 0. The van der Waals surface area contributed by atoms with Gasteiger partial charge in [0.05, 0.1) is 19.7 Å². The van der Waals surface area contributed by atoms with Gasteiger partial charge < -0.3 is 14.4 Å². The molecule has 10 heteroatoms. The summed E-state index contributed by atoms with van der Waals surface area (Å²) >= 11 is 0. The Hall–Kier alpha value is -3.11. The molecule has 0 spiro atoms. The fourth-order valence-corrected chi connectivity index (χ4v) is 3.14. The van der Waals surface area contributed by atoms with Gasteiger partial charge in [-0.25, -0.2) is 15.1 Å². The highest BCUT2D eigenvalue weighted by molar-refractivity contribution is 7.90. The van der Waals surface area contributed by atoms with E-state index < -0.39 is 10.2 Å². The average Bonchev–Trinajstić information content (AvgIpc) is 2.65. The van der Waals surface area contributed by atoms with Crippen molar-refractivity contribution in [2.75, 3.05) is 30.9 Å².